The first-order valence-corrected chi connectivity index (χ1v) is 10.8. The molecule has 3 rings (SSSR count). The van der Waals surface area contributed by atoms with E-state index in [9.17, 15) is 5.11 Å². The van der Waals surface area contributed by atoms with E-state index in [4.69, 9.17) is 31.6 Å². The van der Waals surface area contributed by atoms with Crippen molar-refractivity contribution in [2.24, 2.45) is 26.4 Å². The van der Waals surface area contributed by atoms with Crippen molar-refractivity contribution < 1.29 is 19.0 Å². The lowest BCUT2D eigenvalue weighted by Crippen LogP contribution is -2.62. The SMILES string of the molecule is [N-]=[N+]=NC[C@H]1OC([C@@H]2C(N=[N+]=[N-])CC(N=[N+]=[N-])C[C@H]2O)C(N=[N+]=[N-])[C@@H](F)[C@@H]1OCc1ccccc1. The van der Waals surface area contributed by atoms with Crippen molar-refractivity contribution in [2.75, 3.05) is 6.54 Å². The molecule has 1 N–H and O–H groups in total. The average molecular weight is 486 g/mol. The minimum absolute atomic E-state index is 0.0148. The summed E-state index contributed by atoms with van der Waals surface area (Å²) in [6.45, 7) is -0.261. The van der Waals surface area contributed by atoms with Crippen molar-refractivity contribution >= 4 is 0 Å². The minimum Gasteiger partial charge on any atom is -0.393 e. The first-order valence-electron chi connectivity index (χ1n) is 10.8. The van der Waals surface area contributed by atoms with Gasteiger partial charge in [-0.05, 0) is 40.5 Å². The average Bonchev–Trinajstić information content (AvgIpc) is 2.85. The highest BCUT2D eigenvalue weighted by atomic mass is 19.1. The Kier molecular flexibility index (Phi) is 9.36. The number of nitrogens with zero attached hydrogens (tertiary/aromatic N) is 12. The standard InChI is InChI=1S/C19H23FN12O3/c20-16-17(28-32-24)19(15-12(27-31-23)6-11(26-30-22)7-13(15)33)35-14(8-25-29-21)18(16)34-9-10-4-2-1-3-5-10/h1-5,11-19,33H,6-9H2/t11?,12?,13-,14-,15-,16-,17?,18-,19?/m1/s1. The normalized spacial score (nSPS) is 34.3. The number of hydrogen-bond acceptors (Lipinski definition) is 7. The van der Waals surface area contributed by atoms with E-state index in [0.717, 1.165) is 5.56 Å². The molecule has 0 spiro atoms. The summed E-state index contributed by atoms with van der Waals surface area (Å²) in [5.41, 5.74) is 36.5. The van der Waals surface area contributed by atoms with Crippen LogP contribution in [0, 0.1) is 5.92 Å². The molecule has 1 saturated heterocycles. The van der Waals surface area contributed by atoms with Gasteiger partial charge >= 0.3 is 0 Å². The lowest BCUT2D eigenvalue weighted by molar-refractivity contribution is -0.204. The number of alkyl halides is 1. The van der Waals surface area contributed by atoms with Crippen molar-refractivity contribution in [1.82, 2.24) is 0 Å². The number of halogens is 1. The van der Waals surface area contributed by atoms with Crippen LogP contribution in [0.25, 0.3) is 41.8 Å². The molecule has 0 bridgehead atoms. The summed E-state index contributed by atoms with van der Waals surface area (Å²) in [6, 6.07) is 5.97. The van der Waals surface area contributed by atoms with E-state index in [1.807, 2.05) is 6.07 Å². The van der Waals surface area contributed by atoms with Gasteiger partial charge in [0.25, 0.3) is 0 Å². The van der Waals surface area contributed by atoms with Crippen LogP contribution in [-0.4, -0.2) is 60.4 Å². The van der Waals surface area contributed by atoms with Crippen molar-refractivity contribution in [3.8, 4) is 0 Å². The predicted octanol–water partition coefficient (Wildman–Crippen LogP) is 4.80. The first kappa shape index (κ1) is 25.9. The molecule has 1 heterocycles. The van der Waals surface area contributed by atoms with Crippen LogP contribution in [0.5, 0.6) is 0 Å². The molecule has 0 aromatic heterocycles. The third-order valence-corrected chi connectivity index (χ3v) is 6.18. The maximum atomic E-state index is 15.9. The van der Waals surface area contributed by atoms with Gasteiger partial charge < -0.3 is 14.6 Å². The molecular weight excluding hydrogens is 463 g/mol. The highest BCUT2D eigenvalue weighted by Crippen LogP contribution is 2.40. The van der Waals surface area contributed by atoms with Crippen LogP contribution in [0.2, 0.25) is 0 Å². The molecule has 15 nitrogen and oxygen atoms in total. The summed E-state index contributed by atoms with van der Waals surface area (Å²) in [6.07, 6.45) is -6.55. The number of hydrogen-bond donors (Lipinski definition) is 1. The quantitative estimate of drug-likeness (QED) is 0.294. The Labute approximate surface area is 198 Å². The molecule has 184 valence electrons. The fourth-order valence-electron chi connectivity index (χ4n) is 4.70. The van der Waals surface area contributed by atoms with Crippen molar-refractivity contribution in [3.63, 3.8) is 0 Å². The highest BCUT2D eigenvalue weighted by molar-refractivity contribution is 5.14. The van der Waals surface area contributed by atoms with Gasteiger partial charge in [-0.1, -0.05) is 50.8 Å². The van der Waals surface area contributed by atoms with Crippen LogP contribution in [0.3, 0.4) is 0 Å². The second kappa shape index (κ2) is 12.7. The molecule has 1 saturated carbocycles. The van der Waals surface area contributed by atoms with Crippen molar-refractivity contribution in [2.45, 2.75) is 68.2 Å². The van der Waals surface area contributed by atoms with Gasteiger partial charge in [-0.25, -0.2) is 4.39 Å². The predicted molar refractivity (Wildman–Crippen MR) is 120 cm³/mol. The topological polar surface area (TPSA) is 234 Å². The molecule has 0 radical (unpaired) electrons. The maximum absolute atomic E-state index is 15.9. The molecule has 2 aliphatic rings. The van der Waals surface area contributed by atoms with E-state index in [2.05, 4.69) is 40.1 Å². The Morgan fingerprint density at radius 1 is 1.00 bits per heavy atom. The number of ether oxygens (including phenoxy) is 2. The molecule has 35 heavy (non-hydrogen) atoms. The molecule has 1 aliphatic heterocycles. The first-order chi connectivity index (χ1) is 17.0. The van der Waals surface area contributed by atoms with Crippen LogP contribution in [0.4, 0.5) is 4.39 Å². The third kappa shape index (κ3) is 6.24. The Morgan fingerprint density at radius 2 is 1.71 bits per heavy atom. The van der Waals surface area contributed by atoms with E-state index >= 15 is 4.39 Å². The Bertz CT molecular complexity index is 1050. The summed E-state index contributed by atoms with van der Waals surface area (Å²) in [7, 11) is 0. The Hall–Kier alpha value is -3.73. The van der Waals surface area contributed by atoms with Gasteiger partial charge in [-0.3, -0.25) is 0 Å². The Balaban J connectivity index is 1.93. The molecule has 0 amide bonds. The van der Waals surface area contributed by atoms with Gasteiger partial charge in [0.1, 0.15) is 12.3 Å². The van der Waals surface area contributed by atoms with Crippen LogP contribution >= 0.6 is 0 Å². The molecule has 16 heteroatoms. The lowest BCUT2D eigenvalue weighted by atomic mass is 9.73. The molecule has 1 aromatic rings. The van der Waals surface area contributed by atoms with Crippen molar-refractivity contribution in [3.05, 3.63) is 77.7 Å². The molecule has 4 unspecified atom stereocenters. The summed E-state index contributed by atoms with van der Waals surface area (Å²) in [5.74, 6) is -0.978. The largest absolute Gasteiger partial charge is 0.393 e. The number of rotatable bonds is 9. The number of aliphatic hydroxyl groups excluding tert-OH is 1. The van der Waals surface area contributed by atoms with Gasteiger partial charge in [0, 0.05) is 37.6 Å². The molecule has 1 aromatic carbocycles. The van der Waals surface area contributed by atoms with Gasteiger partial charge in [0.15, 0.2) is 0 Å². The monoisotopic (exact) mass is 486 g/mol. The number of azide groups is 4. The minimum atomic E-state index is -1.89. The molecular formula is C19H23FN12O3. The number of benzene rings is 1. The van der Waals surface area contributed by atoms with Crippen LogP contribution in [-0.2, 0) is 16.1 Å². The second-order valence-electron chi connectivity index (χ2n) is 8.20. The highest BCUT2D eigenvalue weighted by Gasteiger charge is 2.53. The summed E-state index contributed by atoms with van der Waals surface area (Å²) < 4.78 is 27.7. The van der Waals surface area contributed by atoms with Crippen LogP contribution in [0.15, 0.2) is 50.8 Å². The van der Waals surface area contributed by atoms with Gasteiger partial charge in [0.2, 0.25) is 0 Å². The van der Waals surface area contributed by atoms with Crippen molar-refractivity contribution in [1.29, 1.82) is 0 Å². The lowest BCUT2D eigenvalue weighted by Gasteiger charge is -2.48. The van der Waals surface area contributed by atoms with E-state index in [1.165, 1.54) is 0 Å². The fourth-order valence-corrected chi connectivity index (χ4v) is 4.70. The maximum Gasteiger partial charge on any atom is 0.140 e. The van der Waals surface area contributed by atoms with Gasteiger partial charge in [0.05, 0.1) is 37.5 Å². The molecule has 9 atom stereocenters. The smallest absolute Gasteiger partial charge is 0.140 e. The van der Waals surface area contributed by atoms with E-state index < -0.39 is 54.6 Å². The van der Waals surface area contributed by atoms with Crippen LogP contribution < -0.4 is 0 Å². The van der Waals surface area contributed by atoms with E-state index in [1.54, 1.807) is 24.3 Å². The number of aliphatic hydroxyl groups is 1. The zero-order chi connectivity index (χ0) is 25.2. The Morgan fingerprint density at radius 3 is 2.37 bits per heavy atom. The van der Waals surface area contributed by atoms with E-state index in [0.29, 0.717) is 0 Å². The summed E-state index contributed by atoms with van der Waals surface area (Å²) in [4.78, 5) is 11.0. The zero-order valence-corrected chi connectivity index (χ0v) is 18.4. The summed E-state index contributed by atoms with van der Waals surface area (Å²) in [5, 5.41) is 25.3. The molecule has 2 fully saturated rings. The third-order valence-electron chi connectivity index (χ3n) is 6.18. The van der Waals surface area contributed by atoms with Gasteiger partial charge in [-0.15, -0.1) is 0 Å². The zero-order valence-electron chi connectivity index (χ0n) is 18.4. The van der Waals surface area contributed by atoms with Gasteiger partial charge in [-0.2, -0.15) is 0 Å². The second-order valence-corrected chi connectivity index (χ2v) is 8.20. The van der Waals surface area contributed by atoms with E-state index in [-0.39, 0.29) is 26.0 Å². The fraction of sp³-hybridized carbons (Fsp3) is 0.684. The summed E-state index contributed by atoms with van der Waals surface area (Å²) >= 11 is 0. The van der Waals surface area contributed by atoms with Crippen LogP contribution in [0.1, 0.15) is 18.4 Å². The molecule has 1 aliphatic carbocycles.